The second-order valence-corrected chi connectivity index (χ2v) is 3.19. The van der Waals surface area contributed by atoms with Gasteiger partial charge in [-0.15, -0.1) is 0 Å². The van der Waals surface area contributed by atoms with Crippen LogP contribution in [0.3, 0.4) is 0 Å². The zero-order valence-electron chi connectivity index (χ0n) is 10.9. The number of rotatable bonds is 8. The fourth-order valence-corrected chi connectivity index (χ4v) is 1.35. The summed E-state index contributed by atoms with van der Waals surface area (Å²) in [5.41, 5.74) is 0. The minimum Gasteiger partial charge on any atom is -0.320 e. The van der Waals surface area contributed by atoms with Gasteiger partial charge in [0.15, 0.2) is 0 Å². The molecule has 14 heavy (non-hydrogen) atoms. The largest absolute Gasteiger partial charge is 0.320 e. The van der Waals surface area contributed by atoms with E-state index in [0.29, 0.717) is 0 Å². The van der Waals surface area contributed by atoms with Crippen LogP contribution in [-0.4, -0.2) is 38.1 Å². The summed E-state index contributed by atoms with van der Waals surface area (Å²) in [4.78, 5) is 2.49. The smallest absolute Gasteiger partial charge is 0.00190 e. The molecule has 0 fully saturated rings. The van der Waals surface area contributed by atoms with E-state index >= 15 is 0 Å². The lowest BCUT2D eigenvalue weighted by molar-refractivity contribution is 0.296. The van der Waals surface area contributed by atoms with Gasteiger partial charge < -0.3 is 10.2 Å². The summed E-state index contributed by atoms with van der Waals surface area (Å²) in [5, 5.41) is 3.17. The van der Waals surface area contributed by atoms with Crippen molar-refractivity contribution in [3.05, 3.63) is 0 Å². The van der Waals surface area contributed by atoms with E-state index in [2.05, 4.69) is 24.1 Å². The maximum atomic E-state index is 3.17. The van der Waals surface area contributed by atoms with Crippen LogP contribution in [0, 0.1) is 0 Å². The Kier molecular flexibility index (Phi) is 18.0. The third-order valence-electron chi connectivity index (χ3n) is 2.30. The molecular weight excluding hydrogens is 172 g/mol. The van der Waals surface area contributed by atoms with Gasteiger partial charge in [0.05, 0.1) is 0 Å². The maximum Gasteiger partial charge on any atom is -0.00190 e. The van der Waals surface area contributed by atoms with Crippen molar-refractivity contribution in [1.29, 1.82) is 0 Å². The molecule has 0 aliphatic carbocycles. The highest BCUT2D eigenvalue weighted by Gasteiger charge is 1.96. The van der Waals surface area contributed by atoms with Crippen molar-refractivity contribution < 1.29 is 0 Å². The van der Waals surface area contributed by atoms with Gasteiger partial charge in [-0.2, -0.15) is 0 Å². The summed E-state index contributed by atoms with van der Waals surface area (Å²) in [6.07, 6.45) is 4.03. The predicted molar refractivity (Wildman–Crippen MR) is 66.9 cm³/mol. The Balaban J connectivity index is 0. The minimum atomic E-state index is 1.16. The minimum absolute atomic E-state index is 1.16. The van der Waals surface area contributed by atoms with Crippen LogP contribution in [0.1, 0.15) is 47.0 Å². The SMILES string of the molecule is CC.CCN(CC)CCCCCNC. The van der Waals surface area contributed by atoms with Gasteiger partial charge >= 0.3 is 0 Å². The van der Waals surface area contributed by atoms with Crippen molar-refractivity contribution in [2.45, 2.75) is 47.0 Å². The molecule has 0 unspecified atom stereocenters. The molecule has 0 spiro atoms. The van der Waals surface area contributed by atoms with Crippen LogP contribution in [-0.2, 0) is 0 Å². The number of hydrogen-bond donors (Lipinski definition) is 1. The Morgan fingerprint density at radius 2 is 1.50 bits per heavy atom. The van der Waals surface area contributed by atoms with Gasteiger partial charge in [0.2, 0.25) is 0 Å². The van der Waals surface area contributed by atoms with Crippen LogP contribution in [0.4, 0.5) is 0 Å². The van der Waals surface area contributed by atoms with Crippen molar-refractivity contribution in [2.24, 2.45) is 0 Å². The summed E-state index contributed by atoms with van der Waals surface area (Å²) in [5.74, 6) is 0. The fraction of sp³-hybridized carbons (Fsp3) is 1.00. The standard InChI is InChI=1S/C10H24N2.C2H6/c1-4-12(5-2)10-8-6-7-9-11-3;1-2/h11H,4-10H2,1-3H3;1-2H3. The number of nitrogens with zero attached hydrogens (tertiary/aromatic N) is 1. The van der Waals surface area contributed by atoms with E-state index in [9.17, 15) is 0 Å². The molecule has 0 radical (unpaired) electrons. The van der Waals surface area contributed by atoms with E-state index in [0.717, 1.165) is 6.54 Å². The normalized spacial score (nSPS) is 9.86. The highest BCUT2D eigenvalue weighted by Crippen LogP contribution is 1.97. The molecule has 0 amide bonds. The molecule has 0 heterocycles. The second-order valence-electron chi connectivity index (χ2n) is 3.19. The third kappa shape index (κ3) is 11.9. The van der Waals surface area contributed by atoms with Gasteiger partial charge in [0.25, 0.3) is 0 Å². The molecule has 0 aromatic rings. The molecule has 0 bridgehead atoms. The molecule has 0 aliphatic heterocycles. The molecule has 0 atom stereocenters. The van der Waals surface area contributed by atoms with Gasteiger partial charge in [0, 0.05) is 0 Å². The third-order valence-corrected chi connectivity index (χ3v) is 2.30. The average Bonchev–Trinajstić information content (AvgIpc) is 2.26. The van der Waals surface area contributed by atoms with Crippen LogP contribution in [0.5, 0.6) is 0 Å². The first-order chi connectivity index (χ1) is 6.85. The number of hydrogen-bond acceptors (Lipinski definition) is 2. The van der Waals surface area contributed by atoms with Crippen LogP contribution in [0.2, 0.25) is 0 Å². The van der Waals surface area contributed by atoms with Gasteiger partial charge in [-0.1, -0.05) is 34.1 Å². The maximum absolute atomic E-state index is 3.17. The van der Waals surface area contributed by atoms with Crippen molar-refractivity contribution in [3.63, 3.8) is 0 Å². The molecule has 2 nitrogen and oxygen atoms in total. The molecule has 0 aromatic heterocycles. The van der Waals surface area contributed by atoms with Gasteiger partial charge in [-0.25, -0.2) is 0 Å². The zero-order valence-corrected chi connectivity index (χ0v) is 10.9. The first-order valence-corrected chi connectivity index (χ1v) is 6.22. The zero-order chi connectivity index (χ0) is 11.2. The van der Waals surface area contributed by atoms with Crippen molar-refractivity contribution in [2.75, 3.05) is 33.2 Å². The Morgan fingerprint density at radius 3 is 1.93 bits per heavy atom. The van der Waals surface area contributed by atoms with Crippen LogP contribution >= 0.6 is 0 Å². The molecule has 0 saturated carbocycles. The predicted octanol–water partition coefficient (Wildman–Crippen LogP) is 2.74. The van der Waals surface area contributed by atoms with Crippen molar-refractivity contribution in [1.82, 2.24) is 10.2 Å². The average molecular weight is 202 g/mol. The summed E-state index contributed by atoms with van der Waals surface area (Å²) >= 11 is 0. The van der Waals surface area contributed by atoms with Crippen molar-refractivity contribution in [3.8, 4) is 0 Å². The first-order valence-electron chi connectivity index (χ1n) is 6.22. The molecule has 2 heteroatoms. The van der Waals surface area contributed by atoms with E-state index < -0.39 is 0 Å². The van der Waals surface area contributed by atoms with E-state index in [1.807, 2.05) is 20.9 Å². The highest BCUT2D eigenvalue weighted by atomic mass is 15.1. The molecular formula is C12H30N2. The lowest BCUT2D eigenvalue weighted by atomic mass is 10.2. The van der Waals surface area contributed by atoms with E-state index in [-0.39, 0.29) is 0 Å². The number of nitrogens with one attached hydrogen (secondary N) is 1. The summed E-state index contributed by atoms with van der Waals surface area (Å²) in [7, 11) is 2.02. The summed E-state index contributed by atoms with van der Waals surface area (Å²) in [6, 6.07) is 0. The van der Waals surface area contributed by atoms with Gasteiger partial charge in [-0.3, -0.25) is 0 Å². The molecule has 0 saturated heterocycles. The monoisotopic (exact) mass is 202 g/mol. The van der Waals surface area contributed by atoms with Gasteiger partial charge in [-0.05, 0) is 46.1 Å². The van der Waals surface area contributed by atoms with Gasteiger partial charge in [0.1, 0.15) is 0 Å². The van der Waals surface area contributed by atoms with Crippen LogP contribution in [0.25, 0.3) is 0 Å². The quantitative estimate of drug-likeness (QED) is 0.609. The van der Waals surface area contributed by atoms with Crippen LogP contribution < -0.4 is 5.32 Å². The fourth-order valence-electron chi connectivity index (χ4n) is 1.35. The Labute approximate surface area is 91.1 Å². The first kappa shape index (κ1) is 16.4. The molecule has 88 valence electrons. The van der Waals surface area contributed by atoms with E-state index in [4.69, 9.17) is 0 Å². The summed E-state index contributed by atoms with van der Waals surface area (Å²) in [6.45, 7) is 13.3. The molecule has 0 aliphatic rings. The second kappa shape index (κ2) is 15.4. The van der Waals surface area contributed by atoms with Crippen LogP contribution in [0.15, 0.2) is 0 Å². The lowest BCUT2D eigenvalue weighted by Gasteiger charge is -2.17. The van der Waals surface area contributed by atoms with Crippen molar-refractivity contribution >= 4 is 0 Å². The van der Waals surface area contributed by atoms with E-state index in [1.54, 1.807) is 0 Å². The Bertz CT molecular complexity index is 80.4. The lowest BCUT2D eigenvalue weighted by Crippen LogP contribution is -2.24. The molecule has 0 rings (SSSR count). The summed E-state index contributed by atoms with van der Waals surface area (Å²) < 4.78 is 0. The molecule has 0 aromatic carbocycles. The number of unbranched alkanes of at least 4 members (excludes halogenated alkanes) is 2. The Hall–Kier alpha value is -0.0800. The topological polar surface area (TPSA) is 15.3 Å². The Morgan fingerprint density at radius 1 is 0.929 bits per heavy atom. The van der Waals surface area contributed by atoms with E-state index in [1.165, 1.54) is 38.9 Å². The molecule has 1 N–H and O–H groups in total. The highest BCUT2D eigenvalue weighted by molar-refractivity contribution is 4.53.